The molecule has 1 aliphatic carbocycles. The first kappa shape index (κ1) is 26.0. The third-order valence-electron chi connectivity index (χ3n) is 6.43. The van der Waals surface area contributed by atoms with Gasteiger partial charge in [0.2, 0.25) is 11.8 Å². The highest BCUT2D eigenvalue weighted by molar-refractivity contribution is 6.30. The van der Waals surface area contributed by atoms with E-state index >= 15 is 0 Å². The van der Waals surface area contributed by atoms with E-state index in [1.54, 1.807) is 23.1 Å². The van der Waals surface area contributed by atoms with Crippen molar-refractivity contribution in [3.05, 3.63) is 64.7 Å². The Labute approximate surface area is 216 Å². The van der Waals surface area contributed by atoms with Gasteiger partial charge >= 0.3 is 0 Å². The van der Waals surface area contributed by atoms with Crippen LogP contribution >= 0.6 is 11.6 Å². The zero-order chi connectivity index (χ0) is 25.5. The molecule has 2 fully saturated rings. The average molecular weight is 513 g/mol. The Kier molecular flexibility index (Phi) is 8.83. The summed E-state index contributed by atoms with van der Waals surface area (Å²) in [6, 6.07) is 14.3. The molecule has 9 heteroatoms. The molecule has 2 aromatic rings. The van der Waals surface area contributed by atoms with E-state index in [0.29, 0.717) is 35.7 Å². The number of nitrogens with zero attached hydrogens (tertiary/aromatic N) is 1. The number of amides is 3. The van der Waals surface area contributed by atoms with Crippen molar-refractivity contribution >= 4 is 29.3 Å². The van der Waals surface area contributed by atoms with Gasteiger partial charge in [-0.1, -0.05) is 41.9 Å². The fraction of sp³-hybridized carbons (Fsp3) is 0.444. The Hall–Kier alpha value is -3.10. The first-order valence-corrected chi connectivity index (χ1v) is 12.8. The van der Waals surface area contributed by atoms with Crippen LogP contribution in [0.25, 0.3) is 0 Å². The molecule has 1 unspecified atom stereocenters. The van der Waals surface area contributed by atoms with Gasteiger partial charge in [0.1, 0.15) is 11.8 Å². The number of likely N-dealkylation sites (tertiary alicyclic amines) is 1. The predicted octanol–water partition coefficient (Wildman–Crippen LogP) is 2.56. The number of benzene rings is 2. The highest BCUT2D eigenvalue weighted by Gasteiger charge is 2.34. The van der Waals surface area contributed by atoms with Crippen molar-refractivity contribution in [3.63, 3.8) is 0 Å². The number of halogens is 1. The van der Waals surface area contributed by atoms with Crippen molar-refractivity contribution in [1.29, 1.82) is 0 Å². The molecular weight excluding hydrogens is 480 g/mol. The van der Waals surface area contributed by atoms with E-state index in [-0.39, 0.29) is 49.4 Å². The van der Waals surface area contributed by atoms with Gasteiger partial charge in [0.25, 0.3) is 5.91 Å². The van der Waals surface area contributed by atoms with E-state index in [9.17, 15) is 14.4 Å². The van der Waals surface area contributed by atoms with E-state index in [1.807, 2.05) is 30.3 Å². The molecule has 0 spiro atoms. The van der Waals surface area contributed by atoms with E-state index in [2.05, 4.69) is 10.6 Å². The van der Waals surface area contributed by atoms with Gasteiger partial charge in [-0.3, -0.25) is 14.4 Å². The molecule has 4 N–H and O–H groups in total. The minimum absolute atomic E-state index is 0.104. The molecule has 0 bridgehead atoms. The van der Waals surface area contributed by atoms with Gasteiger partial charge in [0.05, 0.1) is 0 Å². The maximum atomic E-state index is 13.0. The Morgan fingerprint density at radius 3 is 2.64 bits per heavy atom. The lowest BCUT2D eigenvalue weighted by Gasteiger charge is -2.25. The summed E-state index contributed by atoms with van der Waals surface area (Å²) < 4.78 is 5.69. The highest BCUT2D eigenvalue weighted by atomic mass is 35.5. The van der Waals surface area contributed by atoms with Crippen LogP contribution in [-0.4, -0.2) is 53.9 Å². The smallest absolute Gasteiger partial charge is 0.258 e. The molecule has 2 atom stereocenters. The van der Waals surface area contributed by atoms with Crippen LogP contribution < -0.4 is 21.1 Å². The molecule has 0 radical (unpaired) electrons. The number of carbonyl (C=O) groups excluding carboxylic acids is 3. The highest BCUT2D eigenvalue weighted by Crippen LogP contribution is 2.24. The van der Waals surface area contributed by atoms with Crippen LogP contribution in [0.15, 0.2) is 48.5 Å². The first-order valence-electron chi connectivity index (χ1n) is 12.5. The molecule has 2 aromatic carbocycles. The molecule has 1 heterocycles. The molecule has 36 heavy (non-hydrogen) atoms. The number of rotatable bonds is 11. The quantitative estimate of drug-likeness (QED) is 0.428. The van der Waals surface area contributed by atoms with E-state index in [4.69, 9.17) is 22.1 Å². The summed E-state index contributed by atoms with van der Waals surface area (Å²) >= 11 is 6.16. The third kappa shape index (κ3) is 7.45. The Balaban J connectivity index is 1.30. The monoisotopic (exact) mass is 512 g/mol. The second-order valence-electron chi connectivity index (χ2n) is 9.50. The predicted molar refractivity (Wildman–Crippen MR) is 137 cm³/mol. The number of hydrogen-bond donors (Lipinski definition) is 3. The maximum Gasteiger partial charge on any atom is 0.258 e. The lowest BCUT2D eigenvalue weighted by Crippen LogP contribution is -2.47. The molecule has 1 aliphatic heterocycles. The van der Waals surface area contributed by atoms with Gasteiger partial charge in [0.15, 0.2) is 6.61 Å². The van der Waals surface area contributed by atoms with Crippen molar-refractivity contribution < 1.29 is 19.1 Å². The van der Waals surface area contributed by atoms with Crippen LogP contribution in [-0.2, 0) is 27.3 Å². The van der Waals surface area contributed by atoms with Crippen LogP contribution in [0.2, 0.25) is 5.02 Å². The molecule has 1 saturated carbocycles. The molecule has 1 saturated heterocycles. The lowest BCUT2D eigenvalue weighted by molar-refractivity contribution is -0.138. The van der Waals surface area contributed by atoms with Gasteiger partial charge in [-0.2, -0.15) is 0 Å². The van der Waals surface area contributed by atoms with Crippen molar-refractivity contribution in [3.8, 4) is 5.75 Å². The second kappa shape index (κ2) is 12.2. The van der Waals surface area contributed by atoms with Gasteiger partial charge < -0.3 is 26.0 Å². The summed E-state index contributed by atoms with van der Waals surface area (Å²) in [5, 5.41) is 6.29. The maximum absolute atomic E-state index is 13.0. The normalized spacial score (nSPS) is 17.9. The summed E-state index contributed by atoms with van der Waals surface area (Å²) in [6.45, 7) is 0.606. The summed E-state index contributed by atoms with van der Waals surface area (Å²) in [4.78, 5) is 39.6. The number of carbonyl (C=O) groups is 3. The molecule has 192 valence electrons. The SMILES string of the molecule is NC(CC(=O)N1CCC[C@H]1C(=O)NCc1cc(Cl)ccc1OCC(=O)NC1CC1)Cc1ccccc1. The fourth-order valence-corrected chi connectivity index (χ4v) is 4.63. The number of hydrogen-bond acceptors (Lipinski definition) is 5. The Bertz CT molecular complexity index is 1080. The van der Waals surface area contributed by atoms with E-state index in [0.717, 1.165) is 24.8 Å². The van der Waals surface area contributed by atoms with Crippen LogP contribution in [0.3, 0.4) is 0 Å². The summed E-state index contributed by atoms with van der Waals surface area (Å²) in [5.41, 5.74) is 7.98. The van der Waals surface area contributed by atoms with Crippen molar-refractivity contribution in [2.24, 2.45) is 5.73 Å². The van der Waals surface area contributed by atoms with Crippen molar-refractivity contribution in [1.82, 2.24) is 15.5 Å². The van der Waals surface area contributed by atoms with Gasteiger partial charge in [-0.15, -0.1) is 0 Å². The molecule has 8 nitrogen and oxygen atoms in total. The second-order valence-corrected chi connectivity index (χ2v) is 9.94. The summed E-state index contributed by atoms with van der Waals surface area (Å²) in [6.07, 6.45) is 4.17. The summed E-state index contributed by atoms with van der Waals surface area (Å²) in [7, 11) is 0. The minimum Gasteiger partial charge on any atom is -0.483 e. The topological polar surface area (TPSA) is 114 Å². The lowest BCUT2D eigenvalue weighted by atomic mass is 10.0. The fourth-order valence-electron chi connectivity index (χ4n) is 4.44. The van der Waals surface area contributed by atoms with E-state index in [1.165, 1.54) is 0 Å². The van der Waals surface area contributed by atoms with Crippen LogP contribution in [0.4, 0.5) is 0 Å². The number of nitrogens with two attached hydrogens (primary N) is 1. The number of nitrogens with one attached hydrogen (secondary N) is 2. The van der Waals surface area contributed by atoms with Crippen LogP contribution in [0.5, 0.6) is 5.75 Å². The zero-order valence-corrected chi connectivity index (χ0v) is 21.0. The number of ether oxygens (including phenoxy) is 1. The van der Waals surface area contributed by atoms with Gasteiger partial charge in [-0.05, 0) is 55.9 Å². The van der Waals surface area contributed by atoms with Crippen LogP contribution in [0.1, 0.15) is 43.2 Å². The first-order chi connectivity index (χ1) is 17.4. The Morgan fingerprint density at radius 2 is 1.89 bits per heavy atom. The van der Waals surface area contributed by atoms with Crippen LogP contribution in [0, 0.1) is 0 Å². The molecule has 2 aliphatic rings. The van der Waals surface area contributed by atoms with Crippen molar-refractivity contribution in [2.75, 3.05) is 13.2 Å². The Morgan fingerprint density at radius 1 is 1.11 bits per heavy atom. The van der Waals surface area contributed by atoms with E-state index < -0.39 is 6.04 Å². The largest absolute Gasteiger partial charge is 0.483 e. The van der Waals surface area contributed by atoms with Crippen molar-refractivity contribution in [2.45, 2.75) is 63.2 Å². The standard InChI is InChI=1S/C27H33ClN4O4/c28-20-8-11-24(36-17-25(33)31-22-9-10-22)19(14-20)16-30-27(35)23-7-4-12-32(23)26(34)15-21(29)13-18-5-2-1-3-6-18/h1-3,5-6,8,11,14,21-23H,4,7,9-10,12-13,15-17,29H2,(H,30,35)(H,31,33)/t21?,23-/m0/s1. The molecule has 4 rings (SSSR count). The zero-order valence-electron chi connectivity index (χ0n) is 20.3. The molecule has 0 aromatic heterocycles. The third-order valence-corrected chi connectivity index (χ3v) is 6.67. The minimum atomic E-state index is -0.533. The van der Waals surface area contributed by atoms with Gasteiger partial charge in [0, 0.05) is 42.2 Å². The molecule has 3 amide bonds. The van der Waals surface area contributed by atoms with Gasteiger partial charge in [-0.25, -0.2) is 0 Å². The average Bonchev–Trinajstić information content (AvgIpc) is 3.52. The summed E-state index contributed by atoms with van der Waals surface area (Å²) in [5.74, 6) is -0.0238. The molecular formula is C27H33ClN4O4.